The Balaban J connectivity index is 1.45. The highest BCUT2D eigenvalue weighted by Crippen LogP contribution is 2.25. The van der Waals surface area contributed by atoms with E-state index in [2.05, 4.69) is 14.8 Å². The van der Waals surface area contributed by atoms with Crippen molar-refractivity contribution in [1.29, 1.82) is 0 Å². The van der Waals surface area contributed by atoms with Crippen LogP contribution in [0.2, 0.25) is 0 Å². The van der Waals surface area contributed by atoms with Crippen molar-refractivity contribution in [3.05, 3.63) is 83.6 Å². The average Bonchev–Trinajstić information content (AvgIpc) is 3.43. The maximum atomic E-state index is 12.8. The van der Waals surface area contributed by atoms with E-state index in [4.69, 9.17) is 0 Å². The van der Waals surface area contributed by atoms with Crippen LogP contribution in [-0.4, -0.2) is 39.2 Å². The number of amides is 1. The van der Waals surface area contributed by atoms with E-state index in [0.717, 1.165) is 11.3 Å². The zero-order valence-corrected chi connectivity index (χ0v) is 17.3. The predicted molar refractivity (Wildman–Crippen MR) is 114 cm³/mol. The van der Waals surface area contributed by atoms with Gasteiger partial charge in [0.25, 0.3) is 5.91 Å². The second-order valence-corrected chi connectivity index (χ2v) is 7.59. The second-order valence-electron chi connectivity index (χ2n) is 6.73. The molecule has 9 heteroatoms. The molecular formula is C22H18F2N4O2S. The van der Waals surface area contributed by atoms with Crippen molar-refractivity contribution >= 4 is 17.2 Å². The van der Waals surface area contributed by atoms with E-state index in [9.17, 15) is 13.6 Å². The Morgan fingerprint density at radius 2 is 2.00 bits per heavy atom. The molecule has 4 rings (SSSR count). The molecule has 0 saturated heterocycles. The minimum Gasteiger partial charge on any atom is -0.435 e. The summed E-state index contributed by atoms with van der Waals surface area (Å²) in [6.45, 7) is -2.66. The number of ether oxygens (including phenoxy) is 1. The highest BCUT2D eigenvalue weighted by Gasteiger charge is 2.17. The molecule has 0 saturated carbocycles. The molecule has 2 aromatic heterocycles. The maximum Gasteiger partial charge on any atom is 0.387 e. The van der Waals surface area contributed by atoms with Crippen molar-refractivity contribution in [3.63, 3.8) is 0 Å². The van der Waals surface area contributed by atoms with Crippen LogP contribution in [0.1, 0.15) is 16.1 Å². The van der Waals surface area contributed by atoms with Crippen molar-refractivity contribution in [3.8, 4) is 22.0 Å². The molecule has 0 spiro atoms. The quantitative estimate of drug-likeness (QED) is 0.411. The first-order valence-electron chi connectivity index (χ1n) is 9.35. The van der Waals surface area contributed by atoms with Crippen LogP contribution in [0.15, 0.2) is 72.4 Å². The van der Waals surface area contributed by atoms with Gasteiger partial charge in [0.05, 0.1) is 11.9 Å². The Bertz CT molecular complexity index is 1180. The van der Waals surface area contributed by atoms with Gasteiger partial charge in [0.1, 0.15) is 16.5 Å². The van der Waals surface area contributed by atoms with Crippen LogP contribution in [0.5, 0.6) is 5.75 Å². The van der Waals surface area contributed by atoms with Crippen molar-refractivity contribution in [2.75, 3.05) is 7.05 Å². The van der Waals surface area contributed by atoms with Crippen LogP contribution in [0, 0.1) is 0 Å². The zero-order chi connectivity index (χ0) is 21.8. The molecule has 1 amide bonds. The molecule has 0 N–H and O–H groups in total. The first kappa shape index (κ1) is 20.7. The third kappa shape index (κ3) is 4.95. The van der Waals surface area contributed by atoms with Crippen LogP contribution in [0.3, 0.4) is 0 Å². The largest absolute Gasteiger partial charge is 0.435 e. The molecule has 0 bridgehead atoms. The van der Waals surface area contributed by atoms with Gasteiger partial charge in [0.2, 0.25) is 0 Å². The fourth-order valence-electron chi connectivity index (χ4n) is 3.02. The fourth-order valence-corrected chi connectivity index (χ4v) is 3.79. The fraction of sp³-hybridized carbons (Fsp3) is 0.136. The van der Waals surface area contributed by atoms with Gasteiger partial charge in [0.15, 0.2) is 0 Å². The Labute approximate surface area is 181 Å². The number of carbonyl (C=O) groups excluding carboxylic acids is 1. The maximum absolute atomic E-state index is 12.8. The van der Waals surface area contributed by atoms with Crippen molar-refractivity contribution in [1.82, 2.24) is 19.7 Å². The molecular weight excluding hydrogens is 422 g/mol. The third-order valence-corrected chi connectivity index (χ3v) is 5.35. The summed E-state index contributed by atoms with van der Waals surface area (Å²) in [6, 6.07) is 16.0. The van der Waals surface area contributed by atoms with Crippen LogP contribution in [-0.2, 0) is 6.54 Å². The minimum absolute atomic E-state index is 0.0553. The number of rotatable bonds is 7. The summed E-state index contributed by atoms with van der Waals surface area (Å²) in [5, 5.41) is 6.74. The van der Waals surface area contributed by atoms with Crippen molar-refractivity contribution in [2.45, 2.75) is 13.2 Å². The predicted octanol–water partition coefficient (Wildman–Crippen LogP) is 4.87. The van der Waals surface area contributed by atoms with E-state index in [-0.39, 0.29) is 18.2 Å². The molecule has 6 nitrogen and oxygen atoms in total. The van der Waals surface area contributed by atoms with Crippen LogP contribution >= 0.6 is 11.3 Å². The van der Waals surface area contributed by atoms with E-state index < -0.39 is 6.61 Å². The first-order chi connectivity index (χ1) is 15.0. The molecule has 0 aliphatic rings. The van der Waals surface area contributed by atoms with Crippen LogP contribution in [0.25, 0.3) is 16.3 Å². The number of hydrogen-bond donors (Lipinski definition) is 0. The molecule has 2 heterocycles. The summed E-state index contributed by atoms with van der Waals surface area (Å²) in [7, 11) is 1.63. The summed E-state index contributed by atoms with van der Waals surface area (Å²) in [4.78, 5) is 18.7. The molecule has 0 radical (unpaired) electrons. The van der Waals surface area contributed by atoms with Gasteiger partial charge in [-0.2, -0.15) is 13.9 Å². The van der Waals surface area contributed by atoms with Gasteiger partial charge in [0, 0.05) is 30.7 Å². The molecule has 31 heavy (non-hydrogen) atoms. The number of halogens is 2. The lowest BCUT2D eigenvalue weighted by molar-refractivity contribution is -0.0499. The van der Waals surface area contributed by atoms with E-state index in [1.165, 1.54) is 28.4 Å². The number of hydrogen-bond acceptors (Lipinski definition) is 5. The average molecular weight is 440 g/mol. The van der Waals surface area contributed by atoms with Gasteiger partial charge in [-0.25, -0.2) is 9.67 Å². The lowest BCUT2D eigenvalue weighted by atomic mass is 10.2. The van der Waals surface area contributed by atoms with Gasteiger partial charge in [-0.1, -0.05) is 30.3 Å². The van der Waals surface area contributed by atoms with Crippen molar-refractivity contribution < 1.29 is 18.3 Å². The van der Waals surface area contributed by atoms with Gasteiger partial charge in [-0.15, -0.1) is 11.3 Å². The van der Waals surface area contributed by atoms with Crippen molar-refractivity contribution in [2.24, 2.45) is 0 Å². The standard InChI is InChI=1S/C22H18F2N4O2S/c1-27(12-15-6-5-9-18(10-15)30-22(23)24)21(29)19-14-31-20(26-19)16-11-25-28(13-16)17-7-3-2-4-8-17/h2-11,13-14,22H,12H2,1H3. The molecule has 158 valence electrons. The molecule has 0 aliphatic carbocycles. The highest BCUT2D eigenvalue weighted by molar-refractivity contribution is 7.13. The number of nitrogens with zero attached hydrogens (tertiary/aromatic N) is 4. The van der Waals surface area contributed by atoms with E-state index in [0.29, 0.717) is 16.3 Å². The number of carbonyl (C=O) groups is 1. The van der Waals surface area contributed by atoms with E-state index in [1.54, 1.807) is 35.4 Å². The lowest BCUT2D eigenvalue weighted by Crippen LogP contribution is -2.26. The molecule has 0 unspecified atom stereocenters. The summed E-state index contributed by atoms with van der Waals surface area (Å²) in [5.41, 5.74) is 2.73. The van der Waals surface area contributed by atoms with Crippen LogP contribution < -0.4 is 4.74 Å². The molecule has 2 aromatic carbocycles. The highest BCUT2D eigenvalue weighted by atomic mass is 32.1. The molecule has 0 fully saturated rings. The zero-order valence-electron chi connectivity index (χ0n) is 16.5. The third-order valence-electron chi connectivity index (χ3n) is 4.46. The lowest BCUT2D eigenvalue weighted by Gasteiger charge is -2.16. The molecule has 4 aromatic rings. The number of alkyl halides is 2. The first-order valence-corrected chi connectivity index (χ1v) is 10.2. The SMILES string of the molecule is CN(Cc1cccc(OC(F)F)c1)C(=O)c1csc(-c2cnn(-c3ccccc3)c2)n1. The van der Waals surface area contributed by atoms with Gasteiger partial charge < -0.3 is 9.64 Å². The smallest absolute Gasteiger partial charge is 0.387 e. The number of thiazole rings is 1. The number of aromatic nitrogens is 3. The van der Waals surface area contributed by atoms with E-state index in [1.807, 2.05) is 36.5 Å². The summed E-state index contributed by atoms with van der Waals surface area (Å²) in [6.07, 6.45) is 3.57. The topological polar surface area (TPSA) is 60.2 Å². The number of para-hydroxylation sites is 1. The second kappa shape index (κ2) is 9.05. The molecule has 0 atom stereocenters. The van der Waals surface area contributed by atoms with Gasteiger partial charge in [-0.05, 0) is 29.8 Å². The Hall–Kier alpha value is -3.59. The summed E-state index contributed by atoms with van der Waals surface area (Å²) < 4.78 is 31.0. The van der Waals surface area contributed by atoms with Gasteiger partial charge >= 0.3 is 6.61 Å². The monoisotopic (exact) mass is 440 g/mol. The minimum atomic E-state index is -2.89. The Morgan fingerprint density at radius 1 is 1.19 bits per heavy atom. The van der Waals surface area contributed by atoms with Gasteiger partial charge in [-0.3, -0.25) is 4.79 Å². The summed E-state index contributed by atoms with van der Waals surface area (Å²) in [5.74, 6) is -0.210. The normalized spacial score (nSPS) is 11.0. The summed E-state index contributed by atoms with van der Waals surface area (Å²) >= 11 is 1.36. The van der Waals surface area contributed by atoms with Crippen LogP contribution in [0.4, 0.5) is 8.78 Å². The van der Waals surface area contributed by atoms with E-state index >= 15 is 0 Å². The Kier molecular flexibility index (Phi) is 6.03. The number of benzene rings is 2. The molecule has 0 aliphatic heterocycles. The Morgan fingerprint density at radius 3 is 2.77 bits per heavy atom.